The number of imide groups is 1. The van der Waals surface area contributed by atoms with Gasteiger partial charge < -0.3 is 4.90 Å². The van der Waals surface area contributed by atoms with Crippen molar-refractivity contribution in [1.82, 2.24) is 9.80 Å². The van der Waals surface area contributed by atoms with Crippen LogP contribution in [-0.2, 0) is 9.59 Å². The van der Waals surface area contributed by atoms with Crippen molar-refractivity contribution in [3.05, 3.63) is 22.4 Å². The van der Waals surface area contributed by atoms with Crippen LogP contribution in [-0.4, -0.2) is 81.9 Å². The molecule has 3 aliphatic heterocycles. The number of hydrogen-bond donors (Lipinski definition) is 0. The molecule has 10 heteroatoms. The van der Waals surface area contributed by atoms with E-state index in [1.165, 1.54) is 34.7 Å². The van der Waals surface area contributed by atoms with E-state index in [4.69, 9.17) is 0 Å². The summed E-state index contributed by atoms with van der Waals surface area (Å²) >= 11 is 2.77. The number of amides is 4. The summed E-state index contributed by atoms with van der Waals surface area (Å²) in [4.78, 5) is 51.2. The number of thioether (sulfide) groups is 1. The fraction of sp³-hybridized carbons (Fsp3) is 0.500. The minimum atomic E-state index is -0.761. The van der Waals surface area contributed by atoms with Crippen LogP contribution in [0.4, 0.5) is 4.79 Å². The molecule has 4 heterocycles. The van der Waals surface area contributed by atoms with Gasteiger partial charge in [-0.05, 0) is 24.3 Å². The number of carbonyl (C=O) groups excluding carboxylic acids is 3. The van der Waals surface area contributed by atoms with Crippen LogP contribution in [0.5, 0.6) is 0 Å². The molecular weight excluding hydrogens is 422 g/mol. The van der Waals surface area contributed by atoms with Crippen molar-refractivity contribution in [3.8, 4) is 0 Å². The Morgan fingerprint density at radius 1 is 1.23 bits per heavy atom. The fourth-order valence-corrected chi connectivity index (χ4v) is 5.39. The van der Waals surface area contributed by atoms with E-state index in [0.717, 1.165) is 48.5 Å². The summed E-state index contributed by atoms with van der Waals surface area (Å²) in [6.07, 6.45) is 4.38. The number of fused-ring (bicyclic) bond motifs is 1. The van der Waals surface area contributed by atoms with Gasteiger partial charge in [0.1, 0.15) is 5.04 Å². The highest BCUT2D eigenvalue weighted by atomic mass is 32.2. The zero-order valence-corrected chi connectivity index (χ0v) is 18.7. The zero-order valence-electron chi connectivity index (χ0n) is 17.0. The van der Waals surface area contributed by atoms with Crippen molar-refractivity contribution in [2.75, 3.05) is 32.9 Å². The Hall–Kier alpha value is -2.33. The first kappa shape index (κ1) is 20.9. The van der Waals surface area contributed by atoms with Crippen LogP contribution >= 0.6 is 23.1 Å². The van der Waals surface area contributed by atoms with Crippen molar-refractivity contribution < 1.29 is 19.0 Å². The highest BCUT2D eigenvalue weighted by Crippen LogP contribution is 2.27. The molecule has 1 fully saturated rings. The van der Waals surface area contributed by atoms with Crippen molar-refractivity contribution in [2.45, 2.75) is 25.7 Å². The molecule has 0 aromatic carbocycles. The smallest absolute Gasteiger partial charge is 0.342 e. The van der Waals surface area contributed by atoms with Crippen molar-refractivity contribution >= 4 is 57.7 Å². The van der Waals surface area contributed by atoms with Crippen LogP contribution in [0.2, 0.25) is 0 Å². The lowest BCUT2D eigenvalue weighted by atomic mass is 10.0. The number of likely N-dealkylation sites (tertiary alicyclic amines) is 1. The van der Waals surface area contributed by atoms with Gasteiger partial charge >= 0.3 is 11.9 Å². The number of thiophene rings is 1. The SMILES string of the molecule is CN1C(=O)C2C(SCC(=O)N3CCCCCC3)=NC(c3cccs3)=NC2=[N+](C)C1=O. The molecule has 4 amide bonds. The highest BCUT2D eigenvalue weighted by molar-refractivity contribution is 8.14. The average Bonchev–Trinajstić information content (AvgIpc) is 3.16. The Labute approximate surface area is 183 Å². The normalized spacial score (nSPS) is 22.5. The highest BCUT2D eigenvalue weighted by Gasteiger charge is 2.49. The van der Waals surface area contributed by atoms with Gasteiger partial charge in [-0.25, -0.2) is 9.79 Å². The van der Waals surface area contributed by atoms with Gasteiger partial charge in [-0.2, -0.15) is 9.48 Å². The van der Waals surface area contributed by atoms with Gasteiger partial charge in [0.15, 0.2) is 5.92 Å². The van der Waals surface area contributed by atoms with Crippen LogP contribution < -0.4 is 0 Å². The predicted octanol–water partition coefficient (Wildman–Crippen LogP) is 2.29. The van der Waals surface area contributed by atoms with Gasteiger partial charge in [-0.15, -0.1) is 11.3 Å². The Kier molecular flexibility index (Phi) is 6.14. The van der Waals surface area contributed by atoms with Gasteiger partial charge in [-0.1, -0.05) is 35.7 Å². The first-order chi connectivity index (χ1) is 14.5. The number of carbonyl (C=O) groups is 3. The molecule has 3 aliphatic rings. The maximum atomic E-state index is 12.9. The van der Waals surface area contributed by atoms with Crippen LogP contribution in [0.3, 0.4) is 0 Å². The quantitative estimate of drug-likeness (QED) is 0.667. The maximum absolute atomic E-state index is 12.9. The standard InChI is InChI=1S/C20H24N5O3S2/c1-23-17-15(19(27)24(2)20(23)28)18(22-16(21-17)13-8-7-11-29-13)30-12-14(26)25-9-5-3-4-6-10-25/h7-8,11,15H,3-6,9-10,12H2,1-2H3/q+1. The number of aliphatic imine (C=N–C) groups is 2. The molecule has 1 aromatic heterocycles. The van der Waals surface area contributed by atoms with E-state index in [1.54, 1.807) is 7.05 Å². The lowest BCUT2D eigenvalue weighted by molar-refractivity contribution is -0.407. The fourth-order valence-electron chi connectivity index (χ4n) is 3.75. The molecule has 30 heavy (non-hydrogen) atoms. The summed E-state index contributed by atoms with van der Waals surface area (Å²) in [5.41, 5.74) is 0. The third-order valence-corrected chi connectivity index (χ3v) is 7.36. The van der Waals surface area contributed by atoms with E-state index in [0.29, 0.717) is 16.7 Å². The Bertz CT molecular complexity index is 959. The Morgan fingerprint density at radius 2 is 1.97 bits per heavy atom. The molecule has 0 spiro atoms. The van der Waals surface area contributed by atoms with E-state index in [2.05, 4.69) is 9.98 Å². The lowest BCUT2D eigenvalue weighted by Gasteiger charge is -2.27. The van der Waals surface area contributed by atoms with Crippen LogP contribution in [0.15, 0.2) is 27.5 Å². The van der Waals surface area contributed by atoms with Crippen molar-refractivity contribution in [2.24, 2.45) is 15.9 Å². The second-order valence-corrected chi connectivity index (χ2v) is 9.42. The zero-order chi connectivity index (χ0) is 21.3. The lowest BCUT2D eigenvalue weighted by Crippen LogP contribution is -2.54. The minimum Gasteiger partial charge on any atom is -0.342 e. The van der Waals surface area contributed by atoms with E-state index in [1.807, 2.05) is 22.4 Å². The molecular formula is C20H24N5O3S2+. The molecule has 0 saturated carbocycles. The second kappa shape index (κ2) is 8.81. The molecule has 8 nitrogen and oxygen atoms in total. The predicted molar refractivity (Wildman–Crippen MR) is 119 cm³/mol. The molecule has 1 saturated heterocycles. The van der Waals surface area contributed by atoms with E-state index in [9.17, 15) is 14.4 Å². The topological polar surface area (TPSA) is 85.4 Å². The molecule has 1 aromatic rings. The van der Waals surface area contributed by atoms with Gasteiger partial charge in [0.05, 0.1) is 24.7 Å². The van der Waals surface area contributed by atoms with Gasteiger partial charge in [0, 0.05) is 13.1 Å². The summed E-state index contributed by atoms with van der Waals surface area (Å²) in [5, 5.41) is 2.44. The number of urea groups is 1. The summed E-state index contributed by atoms with van der Waals surface area (Å²) in [7, 11) is 3.07. The Balaban J connectivity index is 1.62. The van der Waals surface area contributed by atoms with Crippen LogP contribution in [0.25, 0.3) is 0 Å². The monoisotopic (exact) mass is 446 g/mol. The number of hydrogen-bond acceptors (Lipinski definition) is 7. The molecule has 4 rings (SSSR count). The van der Waals surface area contributed by atoms with Crippen LogP contribution in [0, 0.1) is 5.92 Å². The summed E-state index contributed by atoms with van der Waals surface area (Å²) in [5.74, 6) is -0.00916. The largest absolute Gasteiger partial charge is 0.445 e. The molecule has 0 bridgehead atoms. The van der Waals surface area contributed by atoms with Crippen molar-refractivity contribution in [1.29, 1.82) is 0 Å². The molecule has 0 radical (unpaired) electrons. The van der Waals surface area contributed by atoms with E-state index in [-0.39, 0.29) is 17.6 Å². The second-order valence-electron chi connectivity index (χ2n) is 7.48. The summed E-state index contributed by atoms with van der Waals surface area (Å²) < 4.78 is 1.39. The maximum Gasteiger partial charge on any atom is 0.445 e. The third kappa shape index (κ3) is 3.98. The van der Waals surface area contributed by atoms with Crippen LogP contribution in [0.1, 0.15) is 30.6 Å². The third-order valence-electron chi connectivity index (χ3n) is 5.48. The molecule has 1 unspecified atom stereocenters. The van der Waals surface area contributed by atoms with Gasteiger partial charge in [-0.3, -0.25) is 9.59 Å². The number of nitrogens with zero attached hydrogens (tertiary/aromatic N) is 5. The van der Waals surface area contributed by atoms with E-state index >= 15 is 0 Å². The first-order valence-electron chi connectivity index (χ1n) is 10.0. The van der Waals surface area contributed by atoms with Gasteiger partial charge in [0.25, 0.3) is 5.84 Å². The summed E-state index contributed by atoms with van der Waals surface area (Å²) in [6, 6.07) is 3.38. The Morgan fingerprint density at radius 3 is 2.63 bits per heavy atom. The molecule has 158 valence electrons. The average molecular weight is 447 g/mol. The van der Waals surface area contributed by atoms with Crippen molar-refractivity contribution in [3.63, 3.8) is 0 Å². The first-order valence-corrected chi connectivity index (χ1v) is 11.9. The number of rotatable bonds is 3. The van der Waals surface area contributed by atoms with E-state index < -0.39 is 11.9 Å². The molecule has 0 N–H and O–H groups in total. The molecule has 1 atom stereocenters. The minimum absolute atomic E-state index is 0.0624. The van der Waals surface area contributed by atoms with Gasteiger partial charge in [0.2, 0.25) is 11.7 Å². The number of amidine groups is 2. The summed E-state index contributed by atoms with van der Waals surface area (Å²) in [6.45, 7) is 1.57. The molecule has 0 aliphatic carbocycles.